The minimum atomic E-state index is -0.707. The van der Waals surface area contributed by atoms with E-state index in [0.717, 1.165) is 18.1 Å². The molecule has 0 radical (unpaired) electrons. The van der Waals surface area contributed by atoms with Crippen molar-refractivity contribution in [1.29, 1.82) is 0 Å². The van der Waals surface area contributed by atoms with Crippen LogP contribution in [-0.2, 0) is 0 Å². The van der Waals surface area contributed by atoms with Crippen LogP contribution in [0.4, 0.5) is 0 Å². The number of nitrogens with zero attached hydrogens (tertiary/aromatic N) is 3. The van der Waals surface area contributed by atoms with Gasteiger partial charge >= 0.3 is 0 Å². The summed E-state index contributed by atoms with van der Waals surface area (Å²) in [6.07, 6.45) is 3.22. The lowest BCUT2D eigenvalue weighted by molar-refractivity contribution is 0.0179. The van der Waals surface area contributed by atoms with Gasteiger partial charge in [-0.15, -0.1) is 11.3 Å². The van der Waals surface area contributed by atoms with Crippen molar-refractivity contribution in [2.75, 3.05) is 32.7 Å². The highest BCUT2D eigenvalue weighted by Crippen LogP contribution is 2.26. The lowest BCUT2D eigenvalue weighted by Gasteiger charge is -2.37. The molecule has 1 aliphatic rings. The molecule has 6 nitrogen and oxygen atoms in total. The number of aliphatic hydroxyl groups is 1. The average molecular weight is 335 g/mol. The van der Waals surface area contributed by atoms with Crippen molar-refractivity contribution in [3.05, 3.63) is 29.5 Å². The zero-order valence-corrected chi connectivity index (χ0v) is 14.2. The van der Waals surface area contributed by atoms with E-state index in [1.54, 1.807) is 32.4 Å². The number of piperazine rings is 1. The maximum atomic E-state index is 12.6. The standard InChI is InChI=1S/C16H21N3O3S/c1-16(2,21)11-18-5-7-19(8-6-18)15(20)13-10-17-14(23-13)12-4-3-9-22-12/h3-4,9-10,21H,5-8,11H2,1-2H3. The minimum Gasteiger partial charge on any atom is -0.462 e. The number of hydrogen-bond acceptors (Lipinski definition) is 6. The third-order valence-corrected chi connectivity index (χ3v) is 4.72. The van der Waals surface area contributed by atoms with Gasteiger partial charge in [0.1, 0.15) is 4.88 Å². The molecule has 0 atom stereocenters. The fourth-order valence-electron chi connectivity index (χ4n) is 2.70. The van der Waals surface area contributed by atoms with Gasteiger partial charge in [-0.1, -0.05) is 0 Å². The van der Waals surface area contributed by atoms with Crippen molar-refractivity contribution < 1.29 is 14.3 Å². The summed E-state index contributed by atoms with van der Waals surface area (Å²) in [5, 5.41) is 10.6. The van der Waals surface area contributed by atoms with E-state index in [1.807, 2.05) is 11.0 Å². The number of thiazole rings is 1. The van der Waals surface area contributed by atoms with Crippen LogP contribution in [0.15, 0.2) is 29.0 Å². The first-order valence-corrected chi connectivity index (χ1v) is 8.48. The Balaban J connectivity index is 1.60. The maximum absolute atomic E-state index is 12.6. The molecular formula is C16H21N3O3S. The van der Waals surface area contributed by atoms with Crippen LogP contribution < -0.4 is 0 Å². The van der Waals surface area contributed by atoms with Crippen LogP contribution in [0.3, 0.4) is 0 Å². The first-order chi connectivity index (χ1) is 10.9. The number of carbonyl (C=O) groups is 1. The Kier molecular flexibility index (Phi) is 4.52. The molecule has 7 heteroatoms. The zero-order valence-electron chi connectivity index (χ0n) is 13.4. The fraction of sp³-hybridized carbons (Fsp3) is 0.500. The molecule has 1 saturated heterocycles. The van der Waals surface area contributed by atoms with E-state index in [1.165, 1.54) is 11.3 Å². The second-order valence-corrected chi connectivity index (χ2v) is 7.42. The molecule has 1 N–H and O–H groups in total. The summed E-state index contributed by atoms with van der Waals surface area (Å²) in [6, 6.07) is 3.64. The Hall–Kier alpha value is -1.70. The maximum Gasteiger partial charge on any atom is 0.265 e. The van der Waals surface area contributed by atoms with Crippen LogP contribution in [0.5, 0.6) is 0 Å². The van der Waals surface area contributed by atoms with Gasteiger partial charge in [0, 0.05) is 32.7 Å². The summed E-state index contributed by atoms with van der Waals surface area (Å²) >= 11 is 1.35. The third kappa shape index (κ3) is 3.99. The van der Waals surface area contributed by atoms with Gasteiger partial charge in [-0.25, -0.2) is 4.98 Å². The van der Waals surface area contributed by atoms with Crippen LogP contribution >= 0.6 is 11.3 Å². The number of amides is 1. The van der Waals surface area contributed by atoms with Crippen LogP contribution in [0.1, 0.15) is 23.5 Å². The molecular weight excluding hydrogens is 314 g/mol. The molecule has 0 aromatic carbocycles. The van der Waals surface area contributed by atoms with E-state index in [-0.39, 0.29) is 5.91 Å². The molecule has 1 aliphatic heterocycles. The van der Waals surface area contributed by atoms with E-state index < -0.39 is 5.60 Å². The molecule has 1 fully saturated rings. The van der Waals surface area contributed by atoms with Crippen LogP contribution in [0.2, 0.25) is 0 Å². The first-order valence-electron chi connectivity index (χ1n) is 7.66. The van der Waals surface area contributed by atoms with Crippen LogP contribution in [0, 0.1) is 0 Å². The van der Waals surface area contributed by atoms with Crippen LogP contribution in [0.25, 0.3) is 10.8 Å². The van der Waals surface area contributed by atoms with Gasteiger partial charge in [0.05, 0.1) is 18.1 Å². The van der Waals surface area contributed by atoms with E-state index in [4.69, 9.17) is 4.42 Å². The van der Waals surface area contributed by atoms with Gasteiger partial charge in [0.2, 0.25) is 0 Å². The van der Waals surface area contributed by atoms with Crippen LogP contribution in [-0.4, -0.2) is 64.1 Å². The Bertz CT molecular complexity index is 652. The summed E-state index contributed by atoms with van der Waals surface area (Å²) in [5.41, 5.74) is -0.707. The summed E-state index contributed by atoms with van der Waals surface area (Å²) in [6.45, 7) is 7.12. The predicted molar refractivity (Wildman–Crippen MR) is 88.5 cm³/mol. The number of rotatable bonds is 4. The molecule has 2 aromatic rings. The Morgan fingerprint density at radius 2 is 2.13 bits per heavy atom. The lowest BCUT2D eigenvalue weighted by atomic mass is 10.1. The normalized spacial score (nSPS) is 16.7. The summed E-state index contributed by atoms with van der Waals surface area (Å²) in [7, 11) is 0. The molecule has 0 bridgehead atoms. The Labute approximate surface area is 139 Å². The van der Waals surface area contributed by atoms with Gasteiger partial charge in [0.25, 0.3) is 5.91 Å². The van der Waals surface area contributed by atoms with Gasteiger partial charge < -0.3 is 14.4 Å². The monoisotopic (exact) mass is 335 g/mol. The van der Waals surface area contributed by atoms with Crippen molar-refractivity contribution in [3.8, 4) is 10.8 Å². The number of aromatic nitrogens is 1. The zero-order chi connectivity index (χ0) is 16.4. The van der Waals surface area contributed by atoms with Crippen molar-refractivity contribution in [3.63, 3.8) is 0 Å². The topological polar surface area (TPSA) is 69.8 Å². The Morgan fingerprint density at radius 3 is 2.74 bits per heavy atom. The number of hydrogen-bond donors (Lipinski definition) is 1. The molecule has 124 valence electrons. The molecule has 0 saturated carbocycles. The third-order valence-electron chi connectivity index (χ3n) is 3.72. The molecule has 3 heterocycles. The highest BCUT2D eigenvalue weighted by molar-refractivity contribution is 7.16. The van der Waals surface area contributed by atoms with Crippen molar-refractivity contribution >= 4 is 17.2 Å². The SMILES string of the molecule is CC(C)(O)CN1CCN(C(=O)c2cnc(-c3ccco3)s2)CC1. The van der Waals surface area contributed by atoms with E-state index in [0.29, 0.717) is 30.3 Å². The fourth-order valence-corrected chi connectivity index (χ4v) is 3.55. The highest BCUT2D eigenvalue weighted by Gasteiger charge is 2.26. The molecule has 0 spiro atoms. The molecule has 23 heavy (non-hydrogen) atoms. The molecule has 1 amide bonds. The summed E-state index contributed by atoms with van der Waals surface area (Å²) in [4.78, 5) is 21.5. The van der Waals surface area contributed by atoms with E-state index in [9.17, 15) is 9.90 Å². The smallest absolute Gasteiger partial charge is 0.265 e. The molecule has 0 unspecified atom stereocenters. The van der Waals surface area contributed by atoms with Crippen molar-refractivity contribution in [2.45, 2.75) is 19.4 Å². The van der Waals surface area contributed by atoms with Gasteiger partial charge in [-0.2, -0.15) is 0 Å². The quantitative estimate of drug-likeness (QED) is 0.924. The molecule has 0 aliphatic carbocycles. The minimum absolute atomic E-state index is 0.0169. The van der Waals surface area contributed by atoms with Gasteiger partial charge in [0.15, 0.2) is 10.8 Å². The number of carbonyl (C=O) groups excluding carboxylic acids is 1. The van der Waals surface area contributed by atoms with Crippen molar-refractivity contribution in [1.82, 2.24) is 14.8 Å². The predicted octanol–water partition coefficient (Wildman–Crippen LogP) is 1.93. The summed E-state index contributed by atoms with van der Waals surface area (Å²) < 4.78 is 5.31. The van der Waals surface area contributed by atoms with E-state index >= 15 is 0 Å². The first kappa shape index (κ1) is 16.2. The van der Waals surface area contributed by atoms with Gasteiger partial charge in [-0.05, 0) is 26.0 Å². The average Bonchev–Trinajstić information content (AvgIpc) is 3.17. The summed E-state index contributed by atoms with van der Waals surface area (Å²) in [5.74, 6) is 0.701. The number of β-amino-alcohol motifs (C(OH)–C–C–N with tert-alkyl or cyclic N) is 1. The second kappa shape index (κ2) is 6.43. The number of furan rings is 1. The van der Waals surface area contributed by atoms with E-state index in [2.05, 4.69) is 9.88 Å². The van der Waals surface area contributed by atoms with Crippen molar-refractivity contribution in [2.24, 2.45) is 0 Å². The lowest BCUT2D eigenvalue weighted by Crippen LogP contribution is -2.51. The molecule has 3 rings (SSSR count). The molecule has 2 aromatic heterocycles. The highest BCUT2D eigenvalue weighted by atomic mass is 32.1. The van der Waals surface area contributed by atoms with Gasteiger partial charge in [-0.3, -0.25) is 9.69 Å². The largest absolute Gasteiger partial charge is 0.462 e. The second-order valence-electron chi connectivity index (χ2n) is 6.39. The Morgan fingerprint density at radius 1 is 1.39 bits per heavy atom.